The van der Waals surface area contributed by atoms with Crippen molar-refractivity contribution in [3.05, 3.63) is 0 Å². The Bertz CT molecular complexity index is 154. The van der Waals surface area contributed by atoms with Crippen molar-refractivity contribution in [3.8, 4) is 0 Å². The van der Waals surface area contributed by atoms with Gasteiger partial charge in [-0.25, -0.2) is 0 Å². The van der Waals surface area contributed by atoms with Crippen molar-refractivity contribution in [2.24, 2.45) is 0 Å². The molecule has 0 atom stereocenters. The number of unbranched alkanes of at least 4 members (excludes halogenated alkanes) is 1. The summed E-state index contributed by atoms with van der Waals surface area (Å²) >= 11 is 0. The summed E-state index contributed by atoms with van der Waals surface area (Å²) < 4.78 is 0. The molecule has 14 heavy (non-hydrogen) atoms. The van der Waals surface area contributed by atoms with Gasteiger partial charge in [-0.15, -0.1) is 0 Å². The van der Waals surface area contributed by atoms with Gasteiger partial charge in [-0.05, 0) is 12.8 Å². The first-order valence-electron chi connectivity index (χ1n) is 3.56. The minimum absolute atomic E-state index is 0. The summed E-state index contributed by atoms with van der Waals surface area (Å²) in [5.41, 5.74) is 0. The predicted octanol–water partition coefficient (Wildman–Crippen LogP) is -0.232. The zero-order valence-corrected chi connectivity index (χ0v) is 6.97. The third kappa shape index (κ3) is 30.1. The van der Waals surface area contributed by atoms with Crippen molar-refractivity contribution in [2.75, 3.05) is 0 Å². The molecular formula is C7H13NaO6. The van der Waals surface area contributed by atoms with Crippen LogP contribution in [-0.4, -0.2) is 63.3 Å². The average Bonchev–Trinajstić information content (AvgIpc) is 1.99. The molecule has 0 saturated carbocycles. The minimum atomic E-state index is -0.870. The first-order chi connectivity index (χ1) is 6.04. The van der Waals surface area contributed by atoms with Crippen LogP contribution in [0.15, 0.2) is 0 Å². The van der Waals surface area contributed by atoms with E-state index in [0.717, 1.165) is 0 Å². The van der Waals surface area contributed by atoms with E-state index in [4.69, 9.17) is 20.1 Å². The van der Waals surface area contributed by atoms with Gasteiger partial charge in [0.05, 0.1) is 0 Å². The molecule has 0 aliphatic rings. The normalized spacial score (nSPS) is 7.43. The molecule has 0 aliphatic heterocycles. The first kappa shape index (κ1) is 19.1. The van der Waals surface area contributed by atoms with E-state index in [1.807, 2.05) is 0 Å². The molecule has 7 heteroatoms. The molecular weight excluding hydrogens is 203 g/mol. The Kier molecular flexibility index (Phi) is 20.3. The van der Waals surface area contributed by atoms with Gasteiger partial charge in [-0.1, -0.05) is 0 Å². The van der Waals surface area contributed by atoms with Gasteiger partial charge in [0.15, 0.2) is 0 Å². The Morgan fingerprint density at radius 3 is 1.36 bits per heavy atom. The van der Waals surface area contributed by atoms with E-state index in [9.17, 15) is 9.59 Å². The first-order valence-corrected chi connectivity index (χ1v) is 3.56. The number of carbonyl (C=O) groups is 3. The molecule has 3 N–H and O–H groups in total. The van der Waals surface area contributed by atoms with Crippen LogP contribution in [0.3, 0.4) is 0 Å². The average molecular weight is 216 g/mol. The van der Waals surface area contributed by atoms with Crippen LogP contribution in [0.25, 0.3) is 0 Å². The Morgan fingerprint density at radius 2 is 1.21 bits per heavy atom. The Labute approximate surface area is 103 Å². The van der Waals surface area contributed by atoms with Crippen LogP contribution in [0, 0.1) is 0 Å². The van der Waals surface area contributed by atoms with Crippen LogP contribution >= 0.6 is 0 Å². The van der Waals surface area contributed by atoms with Crippen molar-refractivity contribution < 1.29 is 29.7 Å². The van der Waals surface area contributed by atoms with E-state index in [1.165, 1.54) is 0 Å². The van der Waals surface area contributed by atoms with Crippen molar-refractivity contribution >= 4 is 48.0 Å². The molecule has 6 nitrogen and oxygen atoms in total. The van der Waals surface area contributed by atoms with E-state index >= 15 is 0 Å². The summed E-state index contributed by atoms with van der Waals surface area (Å²) in [6.07, 6.45) is 1.02. The third-order valence-electron chi connectivity index (χ3n) is 1.03. The maximum absolute atomic E-state index is 9.90. The fourth-order valence-corrected chi connectivity index (χ4v) is 0.552. The van der Waals surface area contributed by atoms with Gasteiger partial charge < -0.3 is 15.3 Å². The standard InChI is InChI=1S/C6H10O4.CH2O2.Na.H/c7-5(8)3-1-2-4-6(9)10;2-1-3;;/h1-4H2,(H,7,8)(H,9,10);1H,(H,2,3);;. The van der Waals surface area contributed by atoms with Gasteiger partial charge in [0.2, 0.25) is 0 Å². The molecule has 0 heterocycles. The van der Waals surface area contributed by atoms with Gasteiger partial charge in [0, 0.05) is 12.8 Å². The summed E-state index contributed by atoms with van der Waals surface area (Å²) in [5, 5.41) is 23.2. The molecule has 0 radical (unpaired) electrons. The molecule has 0 fully saturated rings. The number of carboxylic acids is 2. The fraction of sp³-hybridized carbons (Fsp3) is 0.571. The van der Waals surface area contributed by atoms with Crippen LogP contribution in [0.4, 0.5) is 0 Å². The van der Waals surface area contributed by atoms with Gasteiger partial charge in [-0.2, -0.15) is 0 Å². The molecule has 78 valence electrons. The Balaban J connectivity index is -0.000000267. The summed E-state index contributed by atoms with van der Waals surface area (Å²) in [7, 11) is 0. The summed E-state index contributed by atoms with van der Waals surface area (Å²) in [4.78, 5) is 28.2. The number of carboxylic acid groups (broad SMARTS) is 3. The Morgan fingerprint density at radius 1 is 1.00 bits per heavy atom. The molecule has 0 spiro atoms. The van der Waals surface area contributed by atoms with E-state index in [0.29, 0.717) is 12.8 Å². The summed E-state index contributed by atoms with van der Waals surface area (Å²) in [6.45, 7) is -0.250. The molecule has 0 aromatic heterocycles. The van der Waals surface area contributed by atoms with Crippen molar-refractivity contribution in [3.63, 3.8) is 0 Å². The number of aliphatic carboxylic acids is 2. The molecule has 0 saturated heterocycles. The van der Waals surface area contributed by atoms with Crippen molar-refractivity contribution in [2.45, 2.75) is 25.7 Å². The quantitative estimate of drug-likeness (QED) is 0.332. The van der Waals surface area contributed by atoms with Crippen molar-refractivity contribution in [1.29, 1.82) is 0 Å². The van der Waals surface area contributed by atoms with Crippen LogP contribution in [0.5, 0.6) is 0 Å². The molecule has 0 unspecified atom stereocenters. The van der Waals surface area contributed by atoms with E-state index < -0.39 is 11.9 Å². The van der Waals surface area contributed by atoms with Gasteiger partial charge in [0.25, 0.3) is 6.47 Å². The van der Waals surface area contributed by atoms with Crippen LogP contribution < -0.4 is 0 Å². The Hall–Kier alpha value is -0.590. The zero-order valence-electron chi connectivity index (χ0n) is 6.97. The van der Waals surface area contributed by atoms with Crippen LogP contribution in [0.2, 0.25) is 0 Å². The molecule has 0 bridgehead atoms. The molecule has 0 aliphatic carbocycles. The monoisotopic (exact) mass is 216 g/mol. The second-order valence-corrected chi connectivity index (χ2v) is 2.10. The van der Waals surface area contributed by atoms with Crippen molar-refractivity contribution in [1.82, 2.24) is 0 Å². The second-order valence-electron chi connectivity index (χ2n) is 2.10. The fourth-order valence-electron chi connectivity index (χ4n) is 0.552. The molecule has 0 rings (SSSR count). The maximum atomic E-state index is 9.90. The zero-order chi connectivity index (χ0) is 10.7. The van der Waals surface area contributed by atoms with Crippen LogP contribution in [0.1, 0.15) is 25.7 Å². The SMILES string of the molecule is O=C(O)CCCCC(=O)O.O=CO.[NaH]. The van der Waals surface area contributed by atoms with Gasteiger partial charge >= 0.3 is 41.5 Å². The molecule has 0 aromatic carbocycles. The van der Waals surface area contributed by atoms with E-state index in [-0.39, 0.29) is 48.9 Å². The second kappa shape index (κ2) is 14.9. The third-order valence-corrected chi connectivity index (χ3v) is 1.03. The number of hydrogen-bond donors (Lipinski definition) is 3. The summed E-state index contributed by atoms with van der Waals surface area (Å²) in [5.74, 6) is -1.74. The number of hydrogen-bond acceptors (Lipinski definition) is 3. The summed E-state index contributed by atoms with van der Waals surface area (Å²) in [6, 6.07) is 0. The molecule has 0 amide bonds. The van der Waals surface area contributed by atoms with Gasteiger partial charge in [0.1, 0.15) is 0 Å². The van der Waals surface area contributed by atoms with Gasteiger partial charge in [-0.3, -0.25) is 14.4 Å². The van der Waals surface area contributed by atoms with E-state index in [1.54, 1.807) is 0 Å². The topological polar surface area (TPSA) is 112 Å². The van der Waals surface area contributed by atoms with E-state index in [2.05, 4.69) is 0 Å². The van der Waals surface area contributed by atoms with Crippen LogP contribution in [-0.2, 0) is 14.4 Å². The predicted molar refractivity (Wildman–Crippen MR) is 49.6 cm³/mol. The molecule has 0 aromatic rings. The number of rotatable bonds is 5.